The molecule has 0 radical (unpaired) electrons. The number of carbonyl (C=O) groups is 1. The quantitative estimate of drug-likeness (QED) is 0.714. The molecule has 0 aliphatic rings. The summed E-state index contributed by atoms with van der Waals surface area (Å²) in [6, 6.07) is 6.57. The van der Waals surface area contributed by atoms with Crippen LogP contribution in [0.25, 0.3) is 0 Å². The molecule has 100 valence electrons. The summed E-state index contributed by atoms with van der Waals surface area (Å²) in [6.45, 7) is 2.89. The molecule has 1 unspecified atom stereocenters. The smallest absolute Gasteiger partial charge is 0.320 e. The maximum Gasteiger partial charge on any atom is 0.320 e. The largest absolute Gasteiger partial charge is 0.492 e. The first-order valence-electron chi connectivity index (χ1n) is 5.98. The molecule has 0 saturated carbocycles. The molecular formula is C13H18ClNO3. The van der Waals surface area contributed by atoms with Crippen molar-refractivity contribution in [3.05, 3.63) is 29.3 Å². The van der Waals surface area contributed by atoms with Crippen LogP contribution >= 0.6 is 11.6 Å². The summed E-state index contributed by atoms with van der Waals surface area (Å²) in [4.78, 5) is 10.9. The van der Waals surface area contributed by atoms with E-state index in [1.165, 1.54) is 0 Å². The molecule has 0 spiro atoms. The second kappa shape index (κ2) is 7.95. The van der Waals surface area contributed by atoms with Crippen LogP contribution in [0.3, 0.4) is 0 Å². The molecule has 0 aromatic heterocycles. The van der Waals surface area contributed by atoms with Gasteiger partial charge in [0.05, 0.1) is 0 Å². The minimum absolute atomic E-state index is 0.426. The molecule has 0 fully saturated rings. The highest BCUT2D eigenvalue weighted by Crippen LogP contribution is 2.15. The minimum Gasteiger partial charge on any atom is -0.492 e. The van der Waals surface area contributed by atoms with Gasteiger partial charge in [0.25, 0.3) is 0 Å². The average molecular weight is 272 g/mol. The normalized spacial score (nSPS) is 12.1. The van der Waals surface area contributed by atoms with Gasteiger partial charge in [0.2, 0.25) is 0 Å². The molecule has 2 N–H and O–H groups in total. The molecule has 0 aliphatic carbocycles. The first-order valence-corrected chi connectivity index (χ1v) is 6.36. The number of benzene rings is 1. The lowest BCUT2D eigenvalue weighted by atomic mass is 10.2. The number of carboxylic acid groups (broad SMARTS) is 1. The summed E-state index contributed by atoms with van der Waals surface area (Å²) in [7, 11) is 0. The molecule has 1 aromatic rings. The Balaban J connectivity index is 2.25. The zero-order valence-electron chi connectivity index (χ0n) is 10.4. The standard InChI is InChI=1S/C13H18ClNO3/c1-2-3-12(13(16)17)15-8-9-18-11-6-4-10(14)5-7-11/h4-7,12,15H,2-3,8-9H2,1H3,(H,16,17). The zero-order chi connectivity index (χ0) is 13.4. The Morgan fingerprint density at radius 1 is 1.44 bits per heavy atom. The van der Waals surface area contributed by atoms with Gasteiger partial charge in [-0.25, -0.2) is 0 Å². The van der Waals surface area contributed by atoms with E-state index in [0.717, 1.165) is 12.2 Å². The van der Waals surface area contributed by atoms with Crippen molar-refractivity contribution in [3.8, 4) is 5.75 Å². The van der Waals surface area contributed by atoms with Gasteiger partial charge in [0.1, 0.15) is 18.4 Å². The van der Waals surface area contributed by atoms with Crippen molar-refractivity contribution in [1.82, 2.24) is 5.32 Å². The number of hydrogen-bond acceptors (Lipinski definition) is 3. The summed E-state index contributed by atoms with van der Waals surface area (Å²) in [5.41, 5.74) is 0. The maximum atomic E-state index is 10.9. The second-order valence-electron chi connectivity index (χ2n) is 3.94. The Kier molecular flexibility index (Phi) is 6.54. The zero-order valence-corrected chi connectivity index (χ0v) is 11.1. The molecule has 0 bridgehead atoms. The van der Waals surface area contributed by atoms with Gasteiger partial charge in [0.15, 0.2) is 0 Å². The van der Waals surface area contributed by atoms with E-state index >= 15 is 0 Å². The fraction of sp³-hybridized carbons (Fsp3) is 0.462. The van der Waals surface area contributed by atoms with Crippen LogP contribution in [0.5, 0.6) is 5.75 Å². The van der Waals surface area contributed by atoms with Crippen molar-refractivity contribution >= 4 is 17.6 Å². The minimum atomic E-state index is -0.816. The van der Waals surface area contributed by atoms with Crippen LogP contribution in [0.2, 0.25) is 5.02 Å². The lowest BCUT2D eigenvalue weighted by Crippen LogP contribution is -2.38. The van der Waals surface area contributed by atoms with Crippen LogP contribution in [0.4, 0.5) is 0 Å². The van der Waals surface area contributed by atoms with Crippen molar-refractivity contribution in [2.75, 3.05) is 13.2 Å². The predicted molar refractivity (Wildman–Crippen MR) is 71.3 cm³/mol. The molecule has 0 saturated heterocycles. The van der Waals surface area contributed by atoms with Crippen LogP contribution in [0.1, 0.15) is 19.8 Å². The molecule has 18 heavy (non-hydrogen) atoms. The van der Waals surface area contributed by atoms with E-state index in [4.69, 9.17) is 21.4 Å². The highest BCUT2D eigenvalue weighted by molar-refractivity contribution is 6.30. The number of hydrogen-bond donors (Lipinski definition) is 2. The monoisotopic (exact) mass is 271 g/mol. The molecule has 4 nitrogen and oxygen atoms in total. The average Bonchev–Trinajstić information content (AvgIpc) is 2.35. The van der Waals surface area contributed by atoms with E-state index in [1.54, 1.807) is 24.3 Å². The van der Waals surface area contributed by atoms with E-state index < -0.39 is 12.0 Å². The number of ether oxygens (including phenoxy) is 1. The number of rotatable bonds is 8. The third-order valence-corrected chi connectivity index (χ3v) is 2.70. The SMILES string of the molecule is CCCC(NCCOc1ccc(Cl)cc1)C(=O)O. The van der Waals surface area contributed by atoms with Crippen molar-refractivity contribution < 1.29 is 14.6 Å². The van der Waals surface area contributed by atoms with Crippen LogP contribution in [0, 0.1) is 0 Å². The Morgan fingerprint density at radius 3 is 2.67 bits per heavy atom. The van der Waals surface area contributed by atoms with Gasteiger partial charge >= 0.3 is 5.97 Å². The molecule has 5 heteroatoms. The third-order valence-electron chi connectivity index (χ3n) is 2.45. The Labute approximate surface area is 112 Å². The van der Waals surface area contributed by atoms with Gasteiger partial charge in [0, 0.05) is 11.6 Å². The maximum absolute atomic E-state index is 10.9. The highest BCUT2D eigenvalue weighted by Gasteiger charge is 2.14. The van der Waals surface area contributed by atoms with Crippen molar-refractivity contribution in [1.29, 1.82) is 0 Å². The molecule has 0 amide bonds. The Bertz CT molecular complexity index is 367. The third kappa shape index (κ3) is 5.38. The van der Waals surface area contributed by atoms with Crippen LogP contribution in [-0.2, 0) is 4.79 Å². The fourth-order valence-electron chi connectivity index (χ4n) is 1.53. The van der Waals surface area contributed by atoms with Gasteiger partial charge in [-0.15, -0.1) is 0 Å². The molecular weight excluding hydrogens is 254 g/mol. The predicted octanol–water partition coefficient (Wildman–Crippen LogP) is 2.56. The Hall–Kier alpha value is -1.26. The number of halogens is 1. The van der Waals surface area contributed by atoms with Crippen LogP contribution in [-0.4, -0.2) is 30.3 Å². The molecule has 1 atom stereocenters. The van der Waals surface area contributed by atoms with E-state index in [1.807, 2.05) is 6.92 Å². The van der Waals surface area contributed by atoms with E-state index in [9.17, 15) is 4.79 Å². The van der Waals surface area contributed by atoms with Crippen molar-refractivity contribution in [3.63, 3.8) is 0 Å². The highest BCUT2D eigenvalue weighted by atomic mass is 35.5. The van der Waals surface area contributed by atoms with Crippen molar-refractivity contribution in [2.45, 2.75) is 25.8 Å². The number of nitrogens with one attached hydrogen (secondary N) is 1. The first kappa shape index (κ1) is 14.8. The van der Waals surface area contributed by atoms with E-state index in [0.29, 0.717) is 24.6 Å². The molecule has 0 aliphatic heterocycles. The van der Waals surface area contributed by atoms with Crippen molar-refractivity contribution in [2.24, 2.45) is 0 Å². The van der Waals surface area contributed by atoms with Gasteiger partial charge in [-0.2, -0.15) is 0 Å². The molecule has 1 aromatic carbocycles. The fourth-order valence-corrected chi connectivity index (χ4v) is 1.66. The summed E-state index contributed by atoms with van der Waals surface area (Å²) < 4.78 is 5.46. The lowest BCUT2D eigenvalue weighted by molar-refractivity contribution is -0.139. The van der Waals surface area contributed by atoms with Gasteiger partial charge in [-0.1, -0.05) is 24.9 Å². The molecule has 0 heterocycles. The van der Waals surface area contributed by atoms with E-state index in [2.05, 4.69) is 5.32 Å². The summed E-state index contributed by atoms with van der Waals surface area (Å²) in [6.07, 6.45) is 1.46. The van der Waals surface area contributed by atoms with Crippen LogP contribution in [0.15, 0.2) is 24.3 Å². The molecule has 1 rings (SSSR count). The number of carboxylic acids is 1. The first-order chi connectivity index (χ1) is 8.63. The summed E-state index contributed by atoms with van der Waals surface area (Å²) in [5.74, 6) is -0.0908. The second-order valence-corrected chi connectivity index (χ2v) is 4.37. The summed E-state index contributed by atoms with van der Waals surface area (Å²) >= 11 is 5.75. The van der Waals surface area contributed by atoms with Gasteiger partial charge < -0.3 is 15.2 Å². The van der Waals surface area contributed by atoms with Crippen LogP contribution < -0.4 is 10.1 Å². The van der Waals surface area contributed by atoms with Gasteiger partial charge in [-0.05, 0) is 30.7 Å². The summed E-state index contributed by atoms with van der Waals surface area (Å²) in [5, 5.41) is 12.5. The lowest BCUT2D eigenvalue weighted by Gasteiger charge is -2.13. The van der Waals surface area contributed by atoms with E-state index in [-0.39, 0.29) is 0 Å². The van der Waals surface area contributed by atoms with Gasteiger partial charge in [-0.3, -0.25) is 4.79 Å². The Morgan fingerprint density at radius 2 is 2.11 bits per heavy atom. The topological polar surface area (TPSA) is 58.6 Å². The number of aliphatic carboxylic acids is 1.